The molecule has 0 bridgehead atoms. The number of benzene rings is 2. The number of rotatable bonds is 6. The molecular formula is C22H27ClN2O5S. The van der Waals surface area contributed by atoms with Crippen LogP contribution in [-0.2, 0) is 10.0 Å². The van der Waals surface area contributed by atoms with Crippen LogP contribution in [0.25, 0.3) is 0 Å². The lowest BCUT2D eigenvalue weighted by Crippen LogP contribution is -2.39. The molecule has 0 aliphatic carbocycles. The summed E-state index contributed by atoms with van der Waals surface area (Å²) in [4.78, 5) is 14.5. The van der Waals surface area contributed by atoms with Gasteiger partial charge in [-0.05, 0) is 49.1 Å². The molecule has 7 nitrogen and oxygen atoms in total. The molecule has 1 atom stereocenters. The van der Waals surface area contributed by atoms with Gasteiger partial charge in [-0.1, -0.05) is 18.5 Å². The predicted molar refractivity (Wildman–Crippen MR) is 121 cm³/mol. The summed E-state index contributed by atoms with van der Waals surface area (Å²) in [5.74, 6) is 0.941. The van der Waals surface area contributed by atoms with Crippen molar-refractivity contribution in [1.29, 1.82) is 0 Å². The lowest BCUT2D eigenvalue weighted by atomic mass is 10.0. The topological polar surface area (TPSA) is 76.2 Å². The fourth-order valence-electron chi connectivity index (χ4n) is 3.68. The molecule has 1 unspecified atom stereocenters. The Labute approximate surface area is 188 Å². The van der Waals surface area contributed by atoms with Gasteiger partial charge in [-0.25, -0.2) is 8.42 Å². The van der Waals surface area contributed by atoms with E-state index in [-0.39, 0.29) is 27.3 Å². The summed E-state index contributed by atoms with van der Waals surface area (Å²) in [5, 5.41) is 0.101. The molecule has 0 N–H and O–H groups in total. The van der Waals surface area contributed by atoms with Crippen LogP contribution in [0, 0.1) is 5.92 Å². The van der Waals surface area contributed by atoms with Crippen LogP contribution in [-0.4, -0.2) is 53.0 Å². The van der Waals surface area contributed by atoms with Crippen molar-refractivity contribution in [2.24, 2.45) is 5.92 Å². The SMILES string of the molecule is COc1ccc(N(C)C(=O)c2ccc(Cl)c(S(=O)(=O)N3CCCC(C)C3)c2)cc1OC. The van der Waals surface area contributed by atoms with Crippen molar-refractivity contribution < 1.29 is 22.7 Å². The maximum absolute atomic E-state index is 13.2. The van der Waals surface area contributed by atoms with Crippen molar-refractivity contribution in [2.45, 2.75) is 24.7 Å². The molecule has 1 fully saturated rings. The van der Waals surface area contributed by atoms with Gasteiger partial charge in [0.2, 0.25) is 10.0 Å². The molecule has 31 heavy (non-hydrogen) atoms. The minimum absolute atomic E-state index is 0.0465. The third kappa shape index (κ3) is 4.81. The number of hydrogen-bond donors (Lipinski definition) is 0. The van der Waals surface area contributed by atoms with E-state index < -0.39 is 10.0 Å². The van der Waals surface area contributed by atoms with Gasteiger partial charge in [-0.2, -0.15) is 4.31 Å². The Kier molecular flexibility index (Phi) is 7.13. The quantitative estimate of drug-likeness (QED) is 0.641. The molecule has 0 radical (unpaired) electrons. The van der Waals surface area contributed by atoms with Crippen LogP contribution in [0.4, 0.5) is 5.69 Å². The summed E-state index contributed by atoms with van der Waals surface area (Å²) in [6.07, 6.45) is 1.80. The number of piperidine rings is 1. The van der Waals surface area contributed by atoms with Gasteiger partial charge in [-0.15, -0.1) is 0 Å². The maximum Gasteiger partial charge on any atom is 0.258 e. The van der Waals surface area contributed by atoms with Gasteiger partial charge < -0.3 is 14.4 Å². The van der Waals surface area contributed by atoms with Crippen LogP contribution in [0.15, 0.2) is 41.3 Å². The first kappa shape index (κ1) is 23.4. The molecule has 2 aromatic rings. The first-order chi connectivity index (χ1) is 14.7. The number of anilines is 1. The molecule has 0 aromatic heterocycles. The Balaban J connectivity index is 1.92. The van der Waals surface area contributed by atoms with Gasteiger partial charge in [0.1, 0.15) is 4.90 Å². The molecule has 1 saturated heterocycles. The highest BCUT2D eigenvalue weighted by atomic mass is 35.5. The second-order valence-corrected chi connectivity index (χ2v) is 9.97. The Morgan fingerprint density at radius 2 is 1.84 bits per heavy atom. The highest BCUT2D eigenvalue weighted by Gasteiger charge is 2.31. The van der Waals surface area contributed by atoms with Crippen molar-refractivity contribution in [1.82, 2.24) is 4.31 Å². The van der Waals surface area contributed by atoms with Gasteiger partial charge in [-0.3, -0.25) is 4.79 Å². The van der Waals surface area contributed by atoms with E-state index in [1.165, 1.54) is 41.6 Å². The summed E-state index contributed by atoms with van der Waals surface area (Å²) >= 11 is 6.25. The Bertz CT molecular complexity index is 1070. The van der Waals surface area contributed by atoms with Gasteiger partial charge in [0.25, 0.3) is 5.91 Å². The molecule has 1 amide bonds. The maximum atomic E-state index is 13.2. The minimum atomic E-state index is -3.80. The second kappa shape index (κ2) is 9.46. The van der Waals surface area contributed by atoms with Crippen LogP contribution in [0.2, 0.25) is 5.02 Å². The van der Waals surface area contributed by atoms with E-state index in [0.717, 1.165) is 12.8 Å². The largest absolute Gasteiger partial charge is 0.493 e. The molecule has 1 heterocycles. The number of amides is 1. The second-order valence-electron chi connectivity index (χ2n) is 7.66. The normalized spacial score (nSPS) is 17.3. The minimum Gasteiger partial charge on any atom is -0.493 e. The summed E-state index contributed by atoms with van der Waals surface area (Å²) < 4.78 is 38.4. The summed E-state index contributed by atoms with van der Waals surface area (Å²) in [6, 6.07) is 9.45. The average Bonchev–Trinajstić information content (AvgIpc) is 2.77. The molecule has 168 valence electrons. The Morgan fingerprint density at radius 1 is 1.13 bits per heavy atom. The number of sulfonamides is 1. The summed E-state index contributed by atoms with van der Waals surface area (Å²) in [5.41, 5.74) is 0.803. The average molecular weight is 467 g/mol. The molecular weight excluding hydrogens is 440 g/mol. The van der Waals surface area contributed by atoms with E-state index in [9.17, 15) is 13.2 Å². The monoisotopic (exact) mass is 466 g/mol. The van der Waals surface area contributed by atoms with E-state index in [1.54, 1.807) is 25.2 Å². The first-order valence-electron chi connectivity index (χ1n) is 9.98. The zero-order chi connectivity index (χ0) is 22.8. The van der Waals surface area contributed by atoms with Crippen LogP contribution in [0.1, 0.15) is 30.1 Å². The van der Waals surface area contributed by atoms with Crippen molar-refractivity contribution in [2.75, 3.05) is 39.3 Å². The highest BCUT2D eigenvalue weighted by molar-refractivity contribution is 7.89. The van der Waals surface area contributed by atoms with Crippen molar-refractivity contribution in [3.8, 4) is 11.5 Å². The fraction of sp³-hybridized carbons (Fsp3) is 0.409. The zero-order valence-corrected chi connectivity index (χ0v) is 19.7. The number of nitrogens with zero attached hydrogens (tertiary/aromatic N) is 2. The fourth-order valence-corrected chi connectivity index (χ4v) is 5.78. The van der Waals surface area contributed by atoms with Gasteiger partial charge >= 0.3 is 0 Å². The number of hydrogen-bond acceptors (Lipinski definition) is 5. The number of carbonyl (C=O) groups is 1. The summed E-state index contributed by atoms with van der Waals surface area (Å²) in [7, 11) is 0.860. The standard InChI is InChI=1S/C22H27ClN2O5S/c1-15-6-5-11-25(14-15)31(27,28)21-12-16(7-9-18(21)23)22(26)24(2)17-8-10-19(29-3)20(13-17)30-4/h7-10,12-13,15H,5-6,11,14H2,1-4H3. The molecule has 0 saturated carbocycles. The van der Waals surface area contributed by atoms with E-state index in [2.05, 4.69) is 0 Å². The molecule has 9 heteroatoms. The van der Waals surface area contributed by atoms with E-state index >= 15 is 0 Å². The first-order valence-corrected chi connectivity index (χ1v) is 11.8. The number of ether oxygens (including phenoxy) is 2. The molecule has 1 aliphatic rings. The third-order valence-corrected chi connectivity index (χ3v) is 7.82. The summed E-state index contributed by atoms with van der Waals surface area (Å²) in [6.45, 7) is 2.93. The van der Waals surface area contributed by atoms with Crippen LogP contribution < -0.4 is 14.4 Å². The Morgan fingerprint density at radius 3 is 2.48 bits per heavy atom. The number of halogens is 1. The zero-order valence-electron chi connectivity index (χ0n) is 18.1. The van der Waals surface area contributed by atoms with Crippen LogP contribution in [0.3, 0.4) is 0 Å². The molecule has 2 aromatic carbocycles. The smallest absolute Gasteiger partial charge is 0.258 e. The molecule has 0 spiro atoms. The van der Waals surface area contributed by atoms with Crippen molar-refractivity contribution >= 4 is 33.2 Å². The van der Waals surface area contributed by atoms with Gasteiger partial charge in [0, 0.05) is 37.5 Å². The van der Waals surface area contributed by atoms with Crippen LogP contribution in [0.5, 0.6) is 11.5 Å². The van der Waals surface area contributed by atoms with Crippen LogP contribution >= 0.6 is 11.6 Å². The lowest BCUT2D eigenvalue weighted by Gasteiger charge is -2.30. The highest BCUT2D eigenvalue weighted by Crippen LogP contribution is 2.33. The van der Waals surface area contributed by atoms with Gasteiger partial charge in [0.15, 0.2) is 11.5 Å². The molecule has 3 rings (SSSR count). The lowest BCUT2D eigenvalue weighted by molar-refractivity contribution is 0.0992. The van der Waals surface area contributed by atoms with Gasteiger partial charge in [0.05, 0.1) is 19.2 Å². The predicted octanol–water partition coefficient (Wildman–Crippen LogP) is 4.05. The Hall–Kier alpha value is -2.29. The van der Waals surface area contributed by atoms with E-state index in [4.69, 9.17) is 21.1 Å². The van der Waals surface area contributed by atoms with Crippen molar-refractivity contribution in [3.63, 3.8) is 0 Å². The van der Waals surface area contributed by atoms with Crippen molar-refractivity contribution in [3.05, 3.63) is 47.0 Å². The molecule has 1 aliphatic heterocycles. The number of carbonyl (C=O) groups excluding carboxylic acids is 1. The van der Waals surface area contributed by atoms with E-state index in [0.29, 0.717) is 30.3 Å². The third-order valence-electron chi connectivity index (χ3n) is 5.47. The van der Waals surface area contributed by atoms with E-state index in [1.807, 2.05) is 6.92 Å². The number of methoxy groups -OCH3 is 2.